The summed E-state index contributed by atoms with van der Waals surface area (Å²) in [5.41, 5.74) is 0. The molecule has 0 spiro atoms. The predicted octanol–water partition coefficient (Wildman–Crippen LogP) is 0.621. The van der Waals surface area contributed by atoms with Crippen LogP contribution in [0.5, 0.6) is 0 Å². The van der Waals surface area contributed by atoms with Gasteiger partial charge in [-0.15, -0.1) is 0 Å². The fraction of sp³-hybridized carbons (Fsp3) is 0.714. The summed E-state index contributed by atoms with van der Waals surface area (Å²) in [5, 5.41) is 10.2. The normalized spacial score (nSPS) is 12.6. The first-order chi connectivity index (χ1) is 5.93. The number of aliphatic carboxylic acids is 1. The molecule has 0 saturated carbocycles. The summed E-state index contributed by atoms with van der Waals surface area (Å²) in [6, 6.07) is -1.37. The van der Waals surface area contributed by atoms with Crippen LogP contribution in [-0.4, -0.2) is 29.5 Å². The summed E-state index contributed by atoms with van der Waals surface area (Å²) < 4.78 is 24.2. The standard InChI is InChI=1S/C7H11F2NO3/c1-4(11)10-5(7(8)9)2-3-6(12)13/h5,7H,2-3H2,1H3,(H,10,11)(H,12,13)/t5-/m1/s1. The second-order valence-corrected chi connectivity index (χ2v) is 2.57. The van der Waals surface area contributed by atoms with E-state index in [2.05, 4.69) is 0 Å². The molecule has 4 nitrogen and oxygen atoms in total. The summed E-state index contributed by atoms with van der Waals surface area (Å²) in [4.78, 5) is 20.5. The van der Waals surface area contributed by atoms with Crippen molar-refractivity contribution in [2.45, 2.75) is 32.2 Å². The van der Waals surface area contributed by atoms with Crippen LogP contribution in [-0.2, 0) is 9.59 Å². The average Bonchev–Trinajstić information content (AvgIpc) is 1.96. The molecule has 0 aliphatic heterocycles. The smallest absolute Gasteiger partial charge is 0.303 e. The summed E-state index contributed by atoms with van der Waals surface area (Å²) in [6.07, 6.45) is -3.37. The number of carbonyl (C=O) groups is 2. The molecular weight excluding hydrogens is 184 g/mol. The minimum absolute atomic E-state index is 0.257. The Bertz CT molecular complexity index is 196. The Morgan fingerprint density at radius 2 is 2.00 bits per heavy atom. The number of carbonyl (C=O) groups excluding carboxylic acids is 1. The number of amides is 1. The number of nitrogens with one attached hydrogen (secondary N) is 1. The molecule has 76 valence electrons. The van der Waals surface area contributed by atoms with Gasteiger partial charge in [0.25, 0.3) is 6.43 Å². The van der Waals surface area contributed by atoms with Gasteiger partial charge >= 0.3 is 5.97 Å². The lowest BCUT2D eigenvalue weighted by atomic mass is 10.1. The van der Waals surface area contributed by atoms with E-state index in [-0.39, 0.29) is 12.8 Å². The molecule has 0 fully saturated rings. The number of alkyl halides is 2. The van der Waals surface area contributed by atoms with Crippen LogP contribution >= 0.6 is 0 Å². The topological polar surface area (TPSA) is 66.4 Å². The van der Waals surface area contributed by atoms with Gasteiger partial charge < -0.3 is 10.4 Å². The first-order valence-corrected chi connectivity index (χ1v) is 3.70. The Morgan fingerprint density at radius 1 is 1.46 bits per heavy atom. The van der Waals surface area contributed by atoms with E-state index in [1.807, 2.05) is 5.32 Å². The maximum absolute atomic E-state index is 12.1. The Balaban J connectivity index is 3.95. The van der Waals surface area contributed by atoms with E-state index >= 15 is 0 Å². The van der Waals surface area contributed by atoms with Crippen LogP contribution in [0.15, 0.2) is 0 Å². The molecule has 2 N–H and O–H groups in total. The molecule has 0 aliphatic carbocycles. The highest BCUT2D eigenvalue weighted by Crippen LogP contribution is 2.07. The van der Waals surface area contributed by atoms with E-state index in [9.17, 15) is 18.4 Å². The van der Waals surface area contributed by atoms with Crippen LogP contribution in [0.2, 0.25) is 0 Å². The minimum atomic E-state index is -2.73. The quantitative estimate of drug-likeness (QED) is 0.675. The number of halogens is 2. The molecular formula is C7H11F2NO3. The molecule has 0 radical (unpaired) electrons. The molecule has 0 aliphatic rings. The third kappa shape index (κ3) is 6.01. The van der Waals surface area contributed by atoms with Crippen LogP contribution in [0.25, 0.3) is 0 Å². The van der Waals surface area contributed by atoms with Gasteiger partial charge in [-0.1, -0.05) is 0 Å². The lowest BCUT2D eigenvalue weighted by Gasteiger charge is -2.15. The number of hydrogen-bond acceptors (Lipinski definition) is 2. The van der Waals surface area contributed by atoms with Crippen LogP contribution in [0.4, 0.5) is 8.78 Å². The van der Waals surface area contributed by atoms with Gasteiger partial charge in [0, 0.05) is 13.3 Å². The molecule has 0 heterocycles. The second kappa shape index (κ2) is 5.45. The van der Waals surface area contributed by atoms with Gasteiger partial charge in [-0.25, -0.2) is 8.78 Å². The highest BCUT2D eigenvalue weighted by Gasteiger charge is 2.21. The molecule has 0 unspecified atom stereocenters. The molecule has 0 bridgehead atoms. The molecule has 1 atom stereocenters. The van der Waals surface area contributed by atoms with Crippen molar-refractivity contribution in [3.63, 3.8) is 0 Å². The van der Waals surface area contributed by atoms with Crippen molar-refractivity contribution < 1.29 is 23.5 Å². The van der Waals surface area contributed by atoms with Gasteiger partial charge in [0.1, 0.15) is 0 Å². The van der Waals surface area contributed by atoms with E-state index < -0.39 is 24.3 Å². The number of carboxylic acids is 1. The molecule has 0 rings (SSSR count). The van der Waals surface area contributed by atoms with Gasteiger partial charge in [0.05, 0.1) is 6.04 Å². The number of rotatable bonds is 5. The zero-order chi connectivity index (χ0) is 10.4. The third-order valence-electron chi connectivity index (χ3n) is 1.36. The molecule has 0 aromatic carbocycles. The van der Waals surface area contributed by atoms with E-state index in [1.165, 1.54) is 0 Å². The van der Waals surface area contributed by atoms with Gasteiger partial charge in [0.15, 0.2) is 0 Å². The summed E-state index contributed by atoms with van der Waals surface area (Å²) in [7, 11) is 0. The summed E-state index contributed by atoms with van der Waals surface area (Å²) >= 11 is 0. The fourth-order valence-electron chi connectivity index (χ4n) is 0.801. The molecule has 0 saturated heterocycles. The Labute approximate surface area is 73.9 Å². The van der Waals surface area contributed by atoms with Crippen molar-refractivity contribution >= 4 is 11.9 Å². The van der Waals surface area contributed by atoms with E-state index in [1.54, 1.807) is 0 Å². The van der Waals surface area contributed by atoms with E-state index in [4.69, 9.17) is 5.11 Å². The van der Waals surface area contributed by atoms with Crippen molar-refractivity contribution in [3.8, 4) is 0 Å². The molecule has 0 aromatic heterocycles. The fourth-order valence-corrected chi connectivity index (χ4v) is 0.801. The molecule has 1 amide bonds. The largest absolute Gasteiger partial charge is 0.481 e. The maximum atomic E-state index is 12.1. The van der Waals surface area contributed by atoms with Crippen molar-refractivity contribution in [2.24, 2.45) is 0 Å². The summed E-state index contributed by atoms with van der Waals surface area (Å²) in [5.74, 6) is -1.74. The zero-order valence-corrected chi connectivity index (χ0v) is 7.09. The molecule has 6 heteroatoms. The highest BCUT2D eigenvalue weighted by atomic mass is 19.3. The first kappa shape index (κ1) is 11.8. The van der Waals surface area contributed by atoms with Crippen molar-refractivity contribution in [3.05, 3.63) is 0 Å². The van der Waals surface area contributed by atoms with Gasteiger partial charge in [-0.2, -0.15) is 0 Å². The number of carboxylic acid groups (broad SMARTS) is 1. The maximum Gasteiger partial charge on any atom is 0.303 e. The Kier molecular flexibility index (Phi) is 4.94. The SMILES string of the molecule is CC(=O)N[C@H](CCC(=O)O)C(F)F. The van der Waals surface area contributed by atoms with Gasteiger partial charge in [0.2, 0.25) is 5.91 Å². The van der Waals surface area contributed by atoms with Crippen molar-refractivity contribution in [2.75, 3.05) is 0 Å². The van der Waals surface area contributed by atoms with Crippen molar-refractivity contribution in [1.82, 2.24) is 5.32 Å². The summed E-state index contributed by atoms with van der Waals surface area (Å²) in [6.45, 7) is 1.11. The average molecular weight is 195 g/mol. The molecule has 13 heavy (non-hydrogen) atoms. The van der Waals surface area contributed by atoms with Crippen LogP contribution in [0, 0.1) is 0 Å². The highest BCUT2D eigenvalue weighted by molar-refractivity contribution is 5.73. The lowest BCUT2D eigenvalue weighted by Crippen LogP contribution is -2.39. The zero-order valence-electron chi connectivity index (χ0n) is 7.09. The van der Waals surface area contributed by atoms with E-state index in [0.29, 0.717) is 0 Å². The van der Waals surface area contributed by atoms with Crippen LogP contribution in [0.3, 0.4) is 0 Å². The Morgan fingerprint density at radius 3 is 2.31 bits per heavy atom. The van der Waals surface area contributed by atoms with Gasteiger partial charge in [-0.05, 0) is 6.42 Å². The lowest BCUT2D eigenvalue weighted by molar-refractivity contribution is -0.137. The van der Waals surface area contributed by atoms with E-state index in [0.717, 1.165) is 6.92 Å². The third-order valence-corrected chi connectivity index (χ3v) is 1.36. The second-order valence-electron chi connectivity index (χ2n) is 2.57. The monoisotopic (exact) mass is 195 g/mol. The Hall–Kier alpha value is -1.20. The molecule has 0 aromatic rings. The van der Waals surface area contributed by atoms with Crippen LogP contribution in [0.1, 0.15) is 19.8 Å². The van der Waals surface area contributed by atoms with Crippen molar-refractivity contribution in [1.29, 1.82) is 0 Å². The number of hydrogen-bond donors (Lipinski definition) is 2. The minimum Gasteiger partial charge on any atom is -0.481 e. The van der Waals surface area contributed by atoms with Crippen LogP contribution < -0.4 is 5.32 Å². The first-order valence-electron chi connectivity index (χ1n) is 3.70. The predicted molar refractivity (Wildman–Crippen MR) is 40.5 cm³/mol. The van der Waals surface area contributed by atoms with Gasteiger partial charge in [-0.3, -0.25) is 9.59 Å².